The number of anilines is 2. The average molecular weight is 418 g/mol. The highest BCUT2D eigenvalue weighted by atomic mass is 35.5. The van der Waals surface area contributed by atoms with Crippen LogP contribution in [0.2, 0.25) is 5.02 Å². The Hall–Kier alpha value is -2.61. The van der Waals surface area contributed by atoms with Crippen molar-refractivity contribution in [1.82, 2.24) is 5.32 Å². The molecule has 3 amide bonds. The highest BCUT2D eigenvalue weighted by Gasteiger charge is 2.39. The number of benzene rings is 2. The van der Waals surface area contributed by atoms with Gasteiger partial charge < -0.3 is 25.0 Å². The number of nitrogens with zero attached hydrogens (tertiary/aromatic N) is 1. The molecule has 2 N–H and O–H groups in total. The summed E-state index contributed by atoms with van der Waals surface area (Å²) in [6.07, 6.45) is -0.538. The zero-order valence-corrected chi connectivity index (χ0v) is 17.1. The van der Waals surface area contributed by atoms with Crippen LogP contribution in [-0.4, -0.2) is 38.0 Å². The molecule has 0 spiro atoms. The van der Waals surface area contributed by atoms with Crippen LogP contribution in [-0.2, 0) is 14.3 Å². The zero-order chi connectivity index (χ0) is 20.8. The Morgan fingerprint density at radius 3 is 2.41 bits per heavy atom. The number of hydrogen-bond acceptors (Lipinski definition) is 4. The van der Waals surface area contributed by atoms with E-state index >= 15 is 0 Å². The van der Waals surface area contributed by atoms with Gasteiger partial charge in [0.05, 0.1) is 6.54 Å². The molecule has 2 aromatic rings. The topological polar surface area (TPSA) is 79.9 Å². The standard InChI is InChI=1S/C21H24ClN3O4/c1-3-28-18(29-4-2)13-25-17-8-6-5-7-16(17)19(20(25)26)24-21(27)23-15-11-9-14(22)10-12-15/h5-12,18-19H,3-4,13H2,1-2H3,(H2,23,24,27). The van der Waals surface area contributed by atoms with Crippen molar-refractivity contribution in [2.45, 2.75) is 26.2 Å². The van der Waals surface area contributed by atoms with Crippen molar-refractivity contribution in [3.05, 3.63) is 59.1 Å². The predicted octanol–water partition coefficient (Wildman–Crippen LogP) is 3.95. The number of carbonyl (C=O) groups is 2. The Bertz CT molecular complexity index is 853. The Kier molecular flexibility index (Phi) is 7.09. The lowest BCUT2D eigenvalue weighted by Gasteiger charge is -2.24. The molecule has 1 aliphatic rings. The fraction of sp³-hybridized carbons (Fsp3) is 0.333. The minimum Gasteiger partial charge on any atom is -0.351 e. The molecule has 1 aliphatic heterocycles. The number of halogens is 1. The van der Waals surface area contributed by atoms with Gasteiger partial charge in [0.2, 0.25) is 0 Å². The van der Waals surface area contributed by atoms with Crippen molar-refractivity contribution >= 4 is 34.9 Å². The summed E-state index contributed by atoms with van der Waals surface area (Å²) in [5, 5.41) is 6.05. The molecule has 0 fully saturated rings. The first-order chi connectivity index (χ1) is 14.0. The van der Waals surface area contributed by atoms with Gasteiger partial charge in [-0.05, 0) is 44.2 Å². The number of rotatable bonds is 8. The second kappa shape index (κ2) is 9.73. The van der Waals surface area contributed by atoms with Crippen LogP contribution in [0.15, 0.2) is 48.5 Å². The first kappa shape index (κ1) is 21.1. The van der Waals surface area contributed by atoms with E-state index in [0.29, 0.717) is 23.9 Å². The molecule has 2 aromatic carbocycles. The summed E-state index contributed by atoms with van der Waals surface area (Å²) in [5.41, 5.74) is 2.05. The zero-order valence-electron chi connectivity index (χ0n) is 16.4. The maximum atomic E-state index is 13.1. The number of ether oxygens (including phenoxy) is 2. The van der Waals surface area contributed by atoms with Gasteiger partial charge in [0, 0.05) is 35.2 Å². The van der Waals surface area contributed by atoms with Gasteiger partial charge in [-0.25, -0.2) is 4.79 Å². The summed E-state index contributed by atoms with van der Waals surface area (Å²) >= 11 is 5.86. The average Bonchev–Trinajstić information content (AvgIpc) is 2.96. The summed E-state index contributed by atoms with van der Waals surface area (Å²) in [4.78, 5) is 27.2. The number of amides is 3. The van der Waals surface area contributed by atoms with Crippen LogP contribution < -0.4 is 15.5 Å². The smallest absolute Gasteiger partial charge is 0.320 e. The second-order valence-corrected chi connectivity index (χ2v) is 6.82. The van der Waals surface area contributed by atoms with E-state index in [4.69, 9.17) is 21.1 Å². The molecule has 7 nitrogen and oxygen atoms in total. The minimum atomic E-state index is -0.789. The SMILES string of the molecule is CCOC(CN1C(=O)C(NC(=O)Nc2ccc(Cl)cc2)c2ccccc21)OCC. The van der Waals surface area contributed by atoms with Gasteiger partial charge in [0.1, 0.15) is 6.04 Å². The van der Waals surface area contributed by atoms with Crippen LogP contribution in [0, 0.1) is 0 Å². The van der Waals surface area contributed by atoms with E-state index in [1.165, 1.54) is 0 Å². The number of nitrogens with one attached hydrogen (secondary N) is 2. The Morgan fingerprint density at radius 1 is 1.10 bits per heavy atom. The van der Waals surface area contributed by atoms with E-state index in [1.54, 1.807) is 29.2 Å². The molecule has 0 aliphatic carbocycles. The molecule has 8 heteroatoms. The van der Waals surface area contributed by atoms with Crippen molar-refractivity contribution in [3.8, 4) is 0 Å². The molecule has 1 heterocycles. The monoisotopic (exact) mass is 417 g/mol. The molecular formula is C21H24ClN3O4. The van der Waals surface area contributed by atoms with Crippen molar-refractivity contribution in [3.63, 3.8) is 0 Å². The second-order valence-electron chi connectivity index (χ2n) is 6.39. The van der Waals surface area contributed by atoms with Crippen LogP contribution in [0.5, 0.6) is 0 Å². The van der Waals surface area contributed by atoms with E-state index in [-0.39, 0.29) is 12.5 Å². The van der Waals surface area contributed by atoms with E-state index in [1.807, 2.05) is 38.1 Å². The maximum absolute atomic E-state index is 13.1. The summed E-state index contributed by atoms with van der Waals surface area (Å²) < 4.78 is 11.2. The highest BCUT2D eigenvalue weighted by Crippen LogP contribution is 2.36. The third kappa shape index (κ3) is 5.06. The Labute approximate surface area is 174 Å². The fourth-order valence-corrected chi connectivity index (χ4v) is 3.34. The molecule has 1 atom stereocenters. The van der Waals surface area contributed by atoms with Crippen molar-refractivity contribution in [1.29, 1.82) is 0 Å². The largest absolute Gasteiger partial charge is 0.351 e. The van der Waals surface area contributed by atoms with Crippen molar-refractivity contribution < 1.29 is 19.1 Å². The summed E-state index contributed by atoms with van der Waals surface area (Å²) in [5.74, 6) is -0.234. The van der Waals surface area contributed by atoms with E-state index in [9.17, 15) is 9.59 Å². The molecule has 154 valence electrons. The van der Waals surface area contributed by atoms with Crippen molar-refractivity contribution in [2.75, 3.05) is 30.0 Å². The lowest BCUT2D eigenvalue weighted by molar-refractivity contribution is -0.135. The van der Waals surface area contributed by atoms with Gasteiger partial charge in [0.25, 0.3) is 5.91 Å². The van der Waals surface area contributed by atoms with E-state index in [2.05, 4.69) is 10.6 Å². The Balaban J connectivity index is 1.74. The maximum Gasteiger partial charge on any atom is 0.320 e. The molecule has 3 rings (SSSR count). The number of carbonyl (C=O) groups excluding carboxylic acids is 2. The molecule has 1 unspecified atom stereocenters. The number of fused-ring (bicyclic) bond motifs is 1. The van der Waals surface area contributed by atoms with Gasteiger partial charge in [-0.15, -0.1) is 0 Å². The quantitative estimate of drug-likeness (QED) is 0.637. The number of hydrogen-bond donors (Lipinski definition) is 2. The normalized spacial score (nSPS) is 15.5. The van der Waals surface area contributed by atoms with Crippen molar-refractivity contribution in [2.24, 2.45) is 0 Å². The van der Waals surface area contributed by atoms with Gasteiger partial charge in [0.15, 0.2) is 6.29 Å². The predicted molar refractivity (Wildman–Crippen MR) is 112 cm³/mol. The lowest BCUT2D eigenvalue weighted by atomic mass is 10.1. The van der Waals surface area contributed by atoms with Gasteiger partial charge in [-0.1, -0.05) is 29.8 Å². The molecule has 0 aromatic heterocycles. The lowest BCUT2D eigenvalue weighted by Crippen LogP contribution is -2.43. The molecule has 0 radical (unpaired) electrons. The van der Waals surface area contributed by atoms with Crippen LogP contribution in [0.3, 0.4) is 0 Å². The third-order valence-corrected chi connectivity index (χ3v) is 4.72. The van der Waals surface area contributed by atoms with Crippen LogP contribution in [0.1, 0.15) is 25.5 Å². The first-order valence-electron chi connectivity index (χ1n) is 9.50. The highest BCUT2D eigenvalue weighted by molar-refractivity contribution is 6.30. The summed E-state index contributed by atoms with van der Waals surface area (Å²) in [6.45, 7) is 4.93. The van der Waals surface area contributed by atoms with E-state index < -0.39 is 18.4 Å². The first-order valence-corrected chi connectivity index (χ1v) is 9.87. The van der Waals surface area contributed by atoms with Gasteiger partial charge in [-0.3, -0.25) is 4.79 Å². The Morgan fingerprint density at radius 2 is 1.76 bits per heavy atom. The minimum absolute atomic E-state index is 0.234. The van der Waals surface area contributed by atoms with Gasteiger partial charge in [-0.2, -0.15) is 0 Å². The van der Waals surface area contributed by atoms with Crippen LogP contribution in [0.25, 0.3) is 0 Å². The fourth-order valence-electron chi connectivity index (χ4n) is 3.22. The van der Waals surface area contributed by atoms with Gasteiger partial charge >= 0.3 is 6.03 Å². The van der Waals surface area contributed by atoms with E-state index in [0.717, 1.165) is 11.3 Å². The molecule has 0 bridgehead atoms. The van der Waals surface area contributed by atoms with Crippen LogP contribution in [0.4, 0.5) is 16.2 Å². The van der Waals surface area contributed by atoms with Crippen LogP contribution >= 0.6 is 11.6 Å². The number of urea groups is 1. The summed E-state index contributed by atoms with van der Waals surface area (Å²) in [6, 6.07) is 12.8. The molecule has 0 saturated heterocycles. The summed E-state index contributed by atoms with van der Waals surface area (Å²) in [7, 11) is 0. The number of para-hydroxylation sites is 1. The molecule has 0 saturated carbocycles. The third-order valence-electron chi connectivity index (χ3n) is 4.47. The molecular weight excluding hydrogens is 394 g/mol. The molecule has 29 heavy (non-hydrogen) atoms.